The molecule has 2 aromatic carbocycles. The van der Waals surface area contributed by atoms with Crippen molar-refractivity contribution in [3.8, 4) is 0 Å². The van der Waals surface area contributed by atoms with Crippen molar-refractivity contribution >= 4 is 23.1 Å². The molecule has 0 radical (unpaired) electrons. The van der Waals surface area contributed by atoms with Gasteiger partial charge in [0.05, 0.1) is 0 Å². The standard InChI is InChI=1S/C23H27NO3/c1-16(2)14-22(26)24-21-12-10-20(11-13-21)23(17(3)18(4)25)27-15-19-8-6-5-7-9-19/h5-13,16H,14-15H2,1-4H3,(H,24,26)/b23-17+. The number of Topliss-reactive ketones (excluding diaryl/α,β-unsaturated/α-hetero) is 1. The van der Waals surface area contributed by atoms with Crippen LogP contribution < -0.4 is 5.32 Å². The zero-order chi connectivity index (χ0) is 19.8. The van der Waals surface area contributed by atoms with Crippen LogP contribution in [0.4, 0.5) is 5.69 Å². The molecule has 1 N–H and O–H groups in total. The maximum absolute atomic E-state index is 11.9. The smallest absolute Gasteiger partial charge is 0.224 e. The first-order valence-electron chi connectivity index (χ1n) is 9.15. The second kappa shape index (κ2) is 9.72. The molecule has 142 valence electrons. The van der Waals surface area contributed by atoms with Crippen LogP contribution >= 0.6 is 0 Å². The molecule has 0 aliphatic heterocycles. The largest absolute Gasteiger partial charge is 0.488 e. The molecular formula is C23H27NO3. The molecule has 4 nitrogen and oxygen atoms in total. The van der Waals surface area contributed by atoms with Gasteiger partial charge in [-0.2, -0.15) is 0 Å². The van der Waals surface area contributed by atoms with Crippen LogP contribution in [0.1, 0.15) is 45.2 Å². The number of amides is 1. The van der Waals surface area contributed by atoms with Crippen molar-refractivity contribution in [2.75, 3.05) is 5.32 Å². The maximum atomic E-state index is 11.9. The summed E-state index contributed by atoms with van der Waals surface area (Å²) in [4.78, 5) is 23.8. The van der Waals surface area contributed by atoms with Gasteiger partial charge in [-0.25, -0.2) is 0 Å². The summed E-state index contributed by atoms with van der Waals surface area (Å²) in [5.41, 5.74) is 3.14. The summed E-state index contributed by atoms with van der Waals surface area (Å²) in [5, 5.41) is 2.89. The van der Waals surface area contributed by atoms with Crippen LogP contribution in [0.15, 0.2) is 60.2 Å². The minimum Gasteiger partial charge on any atom is -0.488 e. The molecule has 27 heavy (non-hydrogen) atoms. The topological polar surface area (TPSA) is 55.4 Å². The average Bonchev–Trinajstić information content (AvgIpc) is 2.63. The number of hydrogen-bond donors (Lipinski definition) is 1. The summed E-state index contributed by atoms with van der Waals surface area (Å²) in [6, 6.07) is 17.2. The van der Waals surface area contributed by atoms with Gasteiger partial charge in [-0.3, -0.25) is 9.59 Å². The maximum Gasteiger partial charge on any atom is 0.224 e. The number of allylic oxidation sites excluding steroid dienone is 1. The van der Waals surface area contributed by atoms with Gasteiger partial charge in [-0.05, 0) is 49.6 Å². The molecule has 0 aliphatic carbocycles. The number of nitrogens with one attached hydrogen (secondary N) is 1. The Hall–Kier alpha value is -2.88. The highest BCUT2D eigenvalue weighted by atomic mass is 16.5. The third-order valence-electron chi connectivity index (χ3n) is 4.12. The first-order chi connectivity index (χ1) is 12.9. The lowest BCUT2D eigenvalue weighted by atomic mass is 10.1. The molecule has 0 atom stereocenters. The molecular weight excluding hydrogens is 338 g/mol. The van der Waals surface area contributed by atoms with Gasteiger partial charge in [-0.1, -0.05) is 44.2 Å². The molecule has 0 bridgehead atoms. The predicted octanol–water partition coefficient (Wildman–Crippen LogP) is 5.21. The Kier molecular flexibility index (Phi) is 7.35. The van der Waals surface area contributed by atoms with Crippen LogP contribution in [0.3, 0.4) is 0 Å². The van der Waals surface area contributed by atoms with E-state index in [1.165, 1.54) is 6.92 Å². The Morgan fingerprint density at radius 1 is 0.963 bits per heavy atom. The van der Waals surface area contributed by atoms with Crippen LogP contribution in [-0.2, 0) is 20.9 Å². The number of carbonyl (C=O) groups excluding carboxylic acids is 2. The Bertz CT molecular complexity index is 805. The second-order valence-electron chi connectivity index (χ2n) is 7.01. The highest BCUT2D eigenvalue weighted by Gasteiger charge is 2.12. The van der Waals surface area contributed by atoms with Crippen molar-refractivity contribution < 1.29 is 14.3 Å². The number of rotatable bonds is 8. The third-order valence-corrected chi connectivity index (χ3v) is 4.12. The van der Waals surface area contributed by atoms with Crippen LogP contribution in [0.25, 0.3) is 5.76 Å². The van der Waals surface area contributed by atoms with E-state index in [9.17, 15) is 9.59 Å². The first-order valence-corrected chi connectivity index (χ1v) is 9.15. The molecule has 0 fully saturated rings. The second-order valence-corrected chi connectivity index (χ2v) is 7.01. The van der Waals surface area contributed by atoms with Gasteiger partial charge in [0.2, 0.25) is 5.91 Å². The fraction of sp³-hybridized carbons (Fsp3) is 0.304. The fourth-order valence-corrected chi connectivity index (χ4v) is 2.59. The summed E-state index contributed by atoms with van der Waals surface area (Å²) in [5.74, 6) is 0.830. The predicted molar refractivity (Wildman–Crippen MR) is 109 cm³/mol. The van der Waals surface area contributed by atoms with E-state index in [0.29, 0.717) is 30.3 Å². The Morgan fingerprint density at radius 2 is 1.59 bits per heavy atom. The van der Waals surface area contributed by atoms with E-state index in [0.717, 1.165) is 16.8 Å². The highest BCUT2D eigenvalue weighted by Crippen LogP contribution is 2.24. The van der Waals surface area contributed by atoms with Gasteiger partial charge < -0.3 is 10.1 Å². The third kappa shape index (κ3) is 6.41. The fourth-order valence-electron chi connectivity index (χ4n) is 2.59. The van der Waals surface area contributed by atoms with E-state index in [4.69, 9.17) is 4.74 Å². The molecule has 2 aromatic rings. The zero-order valence-electron chi connectivity index (χ0n) is 16.4. The normalized spacial score (nSPS) is 11.7. The summed E-state index contributed by atoms with van der Waals surface area (Å²) in [6.07, 6.45) is 0.483. The van der Waals surface area contributed by atoms with E-state index in [2.05, 4.69) is 5.32 Å². The van der Waals surface area contributed by atoms with Gasteiger partial charge in [-0.15, -0.1) is 0 Å². The van der Waals surface area contributed by atoms with Crippen LogP contribution in [0, 0.1) is 5.92 Å². The monoisotopic (exact) mass is 365 g/mol. The van der Waals surface area contributed by atoms with Crippen LogP contribution in [0.5, 0.6) is 0 Å². The van der Waals surface area contributed by atoms with Crippen molar-refractivity contribution in [2.45, 2.75) is 40.7 Å². The molecule has 0 spiro atoms. The van der Waals surface area contributed by atoms with Gasteiger partial charge in [0.1, 0.15) is 12.4 Å². The SMILES string of the molecule is CC(=O)/C(C)=C(/OCc1ccccc1)c1ccc(NC(=O)CC(C)C)cc1. The van der Waals surface area contributed by atoms with Crippen molar-refractivity contribution in [1.82, 2.24) is 0 Å². The molecule has 0 saturated heterocycles. The molecule has 2 rings (SSSR count). The summed E-state index contributed by atoms with van der Waals surface area (Å²) in [6.45, 7) is 7.69. The Morgan fingerprint density at radius 3 is 2.15 bits per heavy atom. The molecule has 0 aromatic heterocycles. The minimum absolute atomic E-state index is 0.00578. The number of benzene rings is 2. The van der Waals surface area contributed by atoms with Gasteiger partial charge in [0.15, 0.2) is 5.78 Å². The molecule has 1 amide bonds. The lowest BCUT2D eigenvalue weighted by molar-refractivity contribution is -0.117. The minimum atomic E-state index is -0.0348. The summed E-state index contributed by atoms with van der Waals surface area (Å²) < 4.78 is 5.98. The lowest BCUT2D eigenvalue weighted by Gasteiger charge is -2.14. The molecule has 0 heterocycles. The quantitative estimate of drug-likeness (QED) is 0.516. The summed E-state index contributed by atoms with van der Waals surface area (Å²) >= 11 is 0. The number of ether oxygens (including phenoxy) is 1. The van der Waals surface area contributed by atoms with Crippen molar-refractivity contribution in [1.29, 1.82) is 0 Å². The van der Waals surface area contributed by atoms with Gasteiger partial charge in [0.25, 0.3) is 0 Å². The van der Waals surface area contributed by atoms with E-state index in [-0.39, 0.29) is 11.7 Å². The van der Waals surface area contributed by atoms with E-state index >= 15 is 0 Å². The molecule has 4 heteroatoms. The molecule has 0 unspecified atom stereocenters. The van der Waals surface area contributed by atoms with Gasteiger partial charge >= 0.3 is 0 Å². The van der Waals surface area contributed by atoms with Crippen molar-refractivity contribution in [3.63, 3.8) is 0 Å². The van der Waals surface area contributed by atoms with Crippen LogP contribution in [0.2, 0.25) is 0 Å². The number of anilines is 1. The lowest BCUT2D eigenvalue weighted by Crippen LogP contribution is -2.13. The summed E-state index contributed by atoms with van der Waals surface area (Å²) in [7, 11) is 0. The Balaban J connectivity index is 2.17. The molecule has 0 aliphatic rings. The van der Waals surface area contributed by atoms with Crippen molar-refractivity contribution in [2.24, 2.45) is 5.92 Å². The average molecular weight is 365 g/mol. The van der Waals surface area contributed by atoms with Gasteiger partial charge in [0, 0.05) is 23.2 Å². The molecule has 0 saturated carbocycles. The van der Waals surface area contributed by atoms with E-state index < -0.39 is 0 Å². The number of carbonyl (C=O) groups is 2. The number of ketones is 1. The first kappa shape index (κ1) is 20.4. The van der Waals surface area contributed by atoms with E-state index in [1.54, 1.807) is 6.92 Å². The van der Waals surface area contributed by atoms with E-state index in [1.807, 2.05) is 68.4 Å². The zero-order valence-corrected chi connectivity index (χ0v) is 16.4. The van der Waals surface area contributed by atoms with Crippen LogP contribution in [-0.4, -0.2) is 11.7 Å². The Labute approximate surface area is 161 Å². The highest BCUT2D eigenvalue weighted by molar-refractivity contribution is 5.99. The number of hydrogen-bond acceptors (Lipinski definition) is 3. The van der Waals surface area contributed by atoms with Crippen molar-refractivity contribution in [3.05, 3.63) is 71.3 Å².